The molecule has 0 amide bonds. The average Bonchev–Trinajstić information content (AvgIpc) is 3.20. The van der Waals surface area contributed by atoms with Gasteiger partial charge in [-0.15, -0.1) is 11.3 Å². The summed E-state index contributed by atoms with van der Waals surface area (Å²) in [5.41, 5.74) is 1.99. The number of hydrogen-bond acceptors (Lipinski definition) is 1. The van der Waals surface area contributed by atoms with E-state index < -0.39 is 40.2 Å². The first-order valence-corrected chi connectivity index (χ1v) is 10.9. The Morgan fingerprint density at radius 2 is 1.12 bits per heavy atom. The summed E-state index contributed by atoms with van der Waals surface area (Å²) in [5, 5.41) is 1.15. The van der Waals surface area contributed by atoms with Crippen LogP contribution in [0.25, 0.3) is 42.8 Å². The molecule has 0 aliphatic rings. The molecule has 0 bridgehead atoms. The lowest BCUT2D eigenvalue weighted by Crippen LogP contribution is -1.97. The second-order valence-electron chi connectivity index (χ2n) is 7.80. The molecule has 0 N–H and O–H groups in total. The van der Waals surface area contributed by atoms with E-state index in [1.54, 1.807) is 23.5 Å². The lowest BCUT2D eigenvalue weighted by atomic mass is 9.98. The van der Waals surface area contributed by atoms with Crippen molar-refractivity contribution in [2.75, 3.05) is 0 Å². The van der Waals surface area contributed by atoms with Gasteiger partial charge < -0.3 is 0 Å². The summed E-state index contributed by atoms with van der Waals surface area (Å²) < 4.78 is 71.0. The minimum absolute atomic E-state index is 0.273. The Kier molecular flexibility index (Phi) is 5.25. The molecule has 0 aliphatic heterocycles. The van der Waals surface area contributed by atoms with Crippen LogP contribution >= 0.6 is 11.3 Å². The monoisotopic (exact) mass is 466 g/mol. The number of benzene rings is 4. The van der Waals surface area contributed by atoms with Crippen LogP contribution in [0.15, 0.2) is 72.8 Å². The van der Waals surface area contributed by atoms with E-state index in [9.17, 15) is 22.0 Å². The average molecular weight is 466 g/mol. The standard InChI is InChI=1S/C27H15F5S/c1-14-2-3-17-13-25(33-24(17)8-14)16-6-4-15(5-7-16)18-9-20(28)26(21(29)10-18)19-11-22(30)27(32)23(31)12-19/h2-13H,1H3. The number of rotatable bonds is 3. The summed E-state index contributed by atoms with van der Waals surface area (Å²) in [6.07, 6.45) is 0. The lowest BCUT2D eigenvalue weighted by Gasteiger charge is -2.10. The van der Waals surface area contributed by atoms with Gasteiger partial charge in [0.25, 0.3) is 0 Å². The van der Waals surface area contributed by atoms with Crippen molar-refractivity contribution in [3.8, 4) is 32.7 Å². The van der Waals surface area contributed by atoms with Gasteiger partial charge >= 0.3 is 0 Å². The number of thiophene rings is 1. The van der Waals surface area contributed by atoms with Crippen molar-refractivity contribution in [2.45, 2.75) is 6.92 Å². The van der Waals surface area contributed by atoms with Crippen LogP contribution < -0.4 is 0 Å². The molecule has 0 spiro atoms. The van der Waals surface area contributed by atoms with E-state index in [2.05, 4.69) is 24.3 Å². The van der Waals surface area contributed by atoms with E-state index in [-0.39, 0.29) is 5.56 Å². The zero-order chi connectivity index (χ0) is 23.3. The van der Waals surface area contributed by atoms with Gasteiger partial charge in [0.2, 0.25) is 0 Å². The number of fused-ring (bicyclic) bond motifs is 1. The summed E-state index contributed by atoms with van der Waals surface area (Å²) in [5.74, 6) is -6.72. The molecule has 4 aromatic carbocycles. The van der Waals surface area contributed by atoms with Crippen molar-refractivity contribution in [2.24, 2.45) is 0 Å². The van der Waals surface area contributed by atoms with E-state index in [1.807, 2.05) is 19.1 Å². The van der Waals surface area contributed by atoms with Gasteiger partial charge in [0, 0.05) is 9.58 Å². The van der Waals surface area contributed by atoms with Crippen LogP contribution in [0.2, 0.25) is 0 Å². The lowest BCUT2D eigenvalue weighted by molar-refractivity contribution is 0.447. The predicted octanol–water partition coefficient (Wildman–Crippen LogP) is 8.91. The highest BCUT2D eigenvalue weighted by atomic mass is 32.1. The van der Waals surface area contributed by atoms with Gasteiger partial charge in [-0.2, -0.15) is 0 Å². The van der Waals surface area contributed by atoms with E-state index in [4.69, 9.17) is 0 Å². The van der Waals surface area contributed by atoms with Gasteiger partial charge in [-0.05, 0) is 76.5 Å². The summed E-state index contributed by atoms with van der Waals surface area (Å²) >= 11 is 1.67. The highest BCUT2D eigenvalue weighted by Crippen LogP contribution is 2.36. The van der Waals surface area contributed by atoms with Gasteiger partial charge in [0.15, 0.2) is 17.5 Å². The molecule has 0 aliphatic carbocycles. The molecule has 0 nitrogen and oxygen atoms in total. The Hall–Kier alpha value is -3.51. The van der Waals surface area contributed by atoms with Crippen molar-refractivity contribution in [1.82, 2.24) is 0 Å². The fourth-order valence-corrected chi connectivity index (χ4v) is 4.99. The maximum Gasteiger partial charge on any atom is 0.194 e. The van der Waals surface area contributed by atoms with Crippen LogP contribution in [0.1, 0.15) is 5.56 Å². The number of aryl methyl sites for hydroxylation is 1. The third-order valence-electron chi connectivity index (χ3n) is 5.49. The summed E-state index contributed by atoms with van der Waals surface area (Å²) in [6.45, 7) is 2.04. The molecular formula is C27H15F5S. The molecule has 33 heavy (non-hydrogen) atoms. The normalized spacial score (nSPS) is 11.3. The van der Waals surface area contributed by atoms with E-state index in [0.717, 1.165) is 28.0 Å². The Labute approximate surface area is 190 Å². The molecule has 164 valence electrons. The Balaban J connectivity index is 1.49. The third kappa shape index (κ3) is 3.91. The summed E-state index contributed by atoms with van der Waals surface area (Å²) in [4.78, 5) is 1.08. The van der Waals surface area contributed by atoms with Crippen LogP contribution in [0.3, 0.4) is 0 Å². The fraction of sp³-hybridized carbons (Fsp3) is 0.0370. The molecule has 5 rings (SSSR count). The third-order valence-corrected chi connectivity index (χ3v) is 6.64. The van der Waals surface area contributed by atoms with Crippen LogP contribution in [-0.2, 0) is 0 Å². The van der Waals surface area contributed by atoms with E-state index in [0.29, 0.717) is 17.7 Å². The van der Waals surface area contributed by atoms with Gasteiger partial charge in [-0.3, -0.25) is 0 Å². The van der Waals surface area contributed by atoms with Crippen molar-refractivity contribution in [3.05, 3.63) is 107 Å². The zero-order valence-electron chi connectivity index (χ0n) is 17.2. The number of halogens is 5. The molecule has 0 atom stereocenters. The topological polar surface area (TPSA) is 0 Å². The van der Waals surface area contributed by atoms with Gasteiger partial charge in [-0.25, -0.2) is 22.0 Å². The van der Waals surface area contributed by atoms with Crippen molar-refractivity contribution >= 4 is 21.4 Å². The summed E-state index contributed by atoms with van der Waals surface area (Å²) in [6, 6.07) is 19.0. The molecular weight excluding hydrogens is 451 g/mol. The minimum Gasteiger partial charge on any atom is -0.206 e. The molecule has 1 heterocycles. The van der Waals surface area contributed by atoms with Crippen LogP contribution in [0, 0.1) is 36.0 Å². The molecule has 1 aromatic heterocycles. The van der Waals surface area contributed by atoms with Crippen LogP contribution in [0.5, 0.6) is 0 Å². The molecule has 6 heteroatoms. The van der Waals surface area contributed by atoms with E-state index in [1.165, 1.54) is 10.3 Å². The number of hydrogen-bond donors (Lipinski definition) is 0. The second-order valence-corrected chi connectivity index (χ2v) is 8.88. The molecule has 0 saturated heterocycles. The van der Waals surface area contributed by atoms with Gasteiger partial charge in [0.1, 0.15) is 11.6 Å². The first-order valence-electron chi connectivity index (χ1n) is 10.0. The Morgan fingerprint density at radius 3 is 1.76 bits per heavy atom. The quantitative estimate of drug-likeness (QED) is 0.184. The van der Waals surface area contributed by atoms with Gasteiger partial charge in [0.05, 0.1) is 5.56 Å². The summed E-state index contributed by atoms with van der Waals surface area (Å²) in [7, 11) is 0. The SMILES string of the molecule is Cc1ccc2cc(-c3ccc(-c4cc(F)c(-c5cc(F)c(F)c(F)c5)c(F)c4)cc3)sc2c1. The Bertz CT molecular complexity index is 1470. The molecule has 0 radical (unpaired) electrons. The highest BCUT2D eigenvalue weighted by molar-refractivity contribution is 7.22. The second kappa shape index (κ2) is 8.12. The van der Waals surface area contributed by atoms with Crippen molar-refractivity contribution < 1.29 is 22.0 Å². The molecule has 0 fully saturated rings. The zero-order valence-corrected chi connectivity index (χ0v) is 18.0. The molecule has 0 unspecified atom stereocenters. The van der Waals surface area contributed by atoms with Crippen molar-refractivity contribution in [3.63, 3.8) is 0 Å². The van der Waals surface area contributed by atoms with Gasteiger partial charge in [-0.1, -0.05) is 36.4 Å². The first-order chi connectivity index (χ1) is 15.8. The van der Waals surface area contributed by atoms with E-state index >= 15 is 0 Å². The molecule has 0 saturated carbocycles. The maximum atomic E-state index is 14.8. The van der Waals surface area contributed by atoms with Crippen LogP contribution in [0.4, 0.5) is 22.0 Å². The molecule has 5 aromatic rings. The largest absolute Gasteiger partial charge is 0.206 e. The fourth-order valence-electron chi connectivity index (χ4n) is 3.82. The minimum atomic E-state index is -1.69. The smallest absolute Gasteiger partial charge is 0.194 e. The first kappa shape index (κ1) is 21.3. The predicted molar refractivity (Wildman–Crippen MR) is 123 cm³/mol. The van der Waals surface area contributed by atoms with Crippen LogP contribution in [-0.4, -0.2) is 0 Å². The Morgan fingerprint density at radius 1 is 0.545 bits per heavy atom. The van der Waals surface area contributed by atoms with Crippen molar-refractivity contribution in [1.29, 1.82) is 0 Å². The maximum absolute atomic E-state index is 14.8. The highest BCUT2D eigenvalue weighted by Gasteiger charge is 2.19.